The second-order valence-corrected chi connectivity index (χ2v) is 4.53. The first kappa shape index (κ1) is 12.5. The number of hydrogen-bond acceptors (Lipinski definition) is 2. The van der Waals surface area contributed by atoms with Crippen LogP contribution in [0, 0.1) is 0 Å². The smallest absolute Gasteiger partial charge is 0.222 e. The zero-order chi connectivity index (χ0) is 11.3. The average Bonchev–Trinajstić information content (AvgIpc) is 2.22. The average molecular weight is 212 g/mol. The second-order valence-electron chi connectivity index (χ2n) is 4.53. The molecule has 0 saturated carbocycles. The van der Waals surface area contributed by atoms with Crippen LogP contribution in [0.1, 0.15) is 46.5 Å². The number of carbonyl (C=O) groups excluding carboxylic acids is 1. The highest BCUT2D eigenvalue weighted by molar-refractivity contribution is 5.76. The predicted molar refractivity (Wildman–Crippen MR) is 62.8 cm³/mol. The molecule has 1 heterocycles. The Morgan fingerprint density at radius 1 is 1.40 bits per heavy atom. The van der Waals surface area contributed by atoms with Crippen LogP contribution < -0.4 is 5.32 Å². The van der Waals surface area contributed by atoms with Crippen molar-refractivity contribution in [1.29, 1.82) is 0 Å². The first-order valence-corrected chi connectivity index (χ1v) is 6.19. The van der Waals surface area contributed by atoms with E-state index in [1.165, 1.54) is 12.8 Å². The summed E-state index contributed by atoms with van der Waals surface area (Å²) in [5.41, 5.74) is 0. The molecule has 1 N–H and O–H groups in total. The molecule has 1 saturated heterocycles. The van der Waals surface area contributed by atoms with E-state index in [1.807, 2.05) is 4.90 Å². The Morgan fingerprint density at radius 2 is 2.13 bits per heavy atom. The van der Waals surface area contributed by atoms with Gasteiger partial charge in [0.15, 0.2) is 0 Å². The third-order valence-electron chi connectivity index (χ3n) is 3.35. The lowest BCUT2D eigenvalue weighted by atomic mass is 10.1. The Bertz CT molecular complexity index is 206. The highest BCUT2D eigenvalue weighted by Crippen LogP contribution is 2.12. The van der Waals surface area contributed by atoms with Gasteiger partial charge in [0.05, 0.1) is 0 Å². The Hall–Kier alpha value is -0.570. The van der Waals surface area contributed by atoms with Crippen LogP contribution in [0.3, 0.4) is 0 Å². The Morgan fingerprint density at radius 3 is 2.80 bits per heavy atom. The summed E-state index contributed by atoms with van der Waals surface area (Å²) in [6.45, 7) is 8.26. The molecule has 2 atom stereocenters. The van der Waals surface area contributed by atoms with E-state index >= 15 is 0 Å². The number of amides is 1. The quantitative estimate of drug-likeness (QED) is 0.720. The van der Waals surface area contributed by atoms with Gasteiger partial charge in [-0.2, -0.15) is 0 Å². The summed E-state index contributed by atoms with van der Waals surface area (Å²) >= 11 is 0. The number of nitrogens with zero attached hydrogens (tertiary/aromatic N) is 1. The summed E-state index contributed by atoms with van der Waals surface area (Å²) in [4.78, 5) is 14.0. The van der Waals surface area contributed by atoms with Crippen molar-refractivity contribution >= 4 is 5.91 Å². The highest BCUT2D eigenvalue weighted by atomic mass is 16.2. The van der Waals surface area contributed by atoms with Crippen molar-refractivity contribution in [3.63, 3.8) is 0 Å². The molecular weight excluding hydrogens is 188 g/mol. The lowest BCUT2D eigenvalue weighted by Gasteiger charge is -2.38. The van der Waals surface area contributed by atoms with Crippen LogP contribution in [0.5, 0.6) is 0 Å². The fraction of sp³-hybridized carbons (Fsp3) is 0.917. The summed E-state index contributed by atoms with van der Waals surface area (Å²) in [5, 5.41) is 3.39. The van der Waals surface area contributed by atoms with Gasteiger partial charge in [-0.05, 0) is 20.3 Å². The van der Waals surface area contributed by atoms with E-state index in [9.17, 15) is 4.79 Å². The summed E-state index contributed by atoms with van der Waals surface area (Å²) in [7, 11) is 0. The van der Waals surface area contributed by atoms with Crippen LogP contribution in [0.4, 0.5) is 0 Å². The maximum atomic E-state index is 11.9. The first-order valence-electron chi connectivity index (χ1n) is 6.19. The molecule has 2 unspecified atom stereocenters. The zero-order valence-corrected chi connectivity index (χ0v) is 10.3. The Kier molecular flexibility index (Phi) is 5.09. The summed E-state index contributed by atoms with van der Waals surface area (Å²) in [6, 6.07) is 0.766. The van der Waals surface area contributed by atoms with Crippen molar-refractivity contribution in [1.82, 2.24) is 10.2 Å². The van der Waals surface area contributed by atoms with E-state index in [1.54, 1.807) is 0 Å². The van der Waals surface area contributed by atoms with Gasteiger partial charge < -0.3 is 10.2 Å². The topological polar surface area (TPSA) is 32.3 Å². The van der Waals surface area contributed by atoms with Crippen LogP contribution in [0.15, 0.2) is 0 Å². The summed E-state index contributed by atoms with van der Waals surface area (Å²) < 4.78 is 0. The molecule has 1 rings (SSSR count). The molecule has 3 heteroatoms. The molecule has 0 aromatic carbocycles. The van der Waals surface area contributed by atoms with E-state index in [4.69, 9.17) is 0 Å². The molecule has 0 radical (unpaired) electrons. The van der Waals surface area contributed by atoms with Crippen LogP contribution in [-0.4, -0.2) is 36.0 Å². The fourth-order valence-electron chi connectivity index (χ4n) is 2.08. The van der Waals surface area contributed by atoms with Gasteiger partial charge in [-0.3, -0.25) is 4.79 Å². The molecule has 3 nitrogen and oxygen atoms in total. The van der Waals surface area contributed by atoms with Crippen molar-refractivity contribution in [3.05, 3.63) is 0 Å². The van der Waals surface area contributed by atoms with E-state index in [0.29, 0.717) is 18.0 Å². The van der Waals surface area contributed by atoms with Crippen molar-refractivity contribution < 1.29 is 4.79 Å². The second kappa shape index (κ2) is 6.11. The van der Waals surface area contributed by atoms with E-state index in [-0.39, 0.29) is 0 Å². The lowest BCUT2D eigenvalue weighted by molar-refractivity contribution is -0.135. The molecule has 0 aliphatic carbocycles. The third-order valence-corrected chi connectivity index (χ3v) is 3.35. The number of hydrogen-bond donors (Lipinski definition) is 1. The molecule has 1 aliphatic heterocycles. The van der Waals surface area contributed by atoms with Gasteiger partial charge in [-0.1, -0.05) is 19.8 Å². The molecular formula is C12H24N2O. The normalized spacial score (nSPS) is 26.7. The number of piperazine rings is 1. The van der Waals surface area contributed by atoms with Crippen LogP contribution in [0.2, 0.25) is 0 Å². The minimum atomic E-state index is 0.337. The van der Waals surface area contributed by atoms with Crippen molar-refractivity contribution in [2.45, 2.75) is 58.5 Å². The summed E-state index contributed by atoms with van der Waals surface area (Å²) in [6.07, 6.45) is 4.12. The fourth-order valence-corrected chi connectivity index (χ4v) is 2.08. The zero-order valence-electron chi connectivity index (χ0n) is 10.3. The van der Waals surface area contributed by atoms with Gasteiger partial charge in [0.1, 0.15) is 0 Å². The van der Waals surface area contributed by atoms with Crippen molar-refractivity contribution in [2.24, 2.45) is 0 Å². The van der Waals surface area contributed by atoms with Crippen LogP contribution in [-0.2, 0) is 4.79 Å². The predicted octanol–water partition coefficient (Wildman–Crippen LogP) is 1.78. The Balaban J connectivity index is 2.37. The van der Waals surface area contributed by atoms with E-state index < -0.39 is 0 Å². The third kappa shape index (κ3) is 3.49. The minimum Gasteiger partial charge on any atom is -0.337 e. The maximum absolute atomic E-state index is 11.9. The molecule has 1 aliphatic rings. The standard InChI is InChI=1S/C12H24N2O/c1-4-5-6-7-12(15)14-9-8-13-10(2)11(14)3/h10-11,13H,4-9H2,1-3H3. The van der Waals surface area contributed by atoms with Crippen molar-refractivity contribution in [2.75, 3.05) is 13.1 Å². The van der Waals surface area contributed by atoms with E-state index in [0.717, 1.165) is 25.9 Å². The molecule has 1 fully saturated rings. The number of rotatable bonds is 4. The lowest BCUT2D eigenvalue weighted by Crippen LogP contribution is -2.57. The summed E-state index contributed by atoms with van der Waals surface area (Å²) in [5.74, 6) is 0.337. The number of carbonyl (C=O) groups is 1. The first-order chi connectivity index (χ1) is 7.16. The minimum absolute atomic E-state index is 0.337. The molecule has 0 aromatic rings. The van der Waals surface area contributed by atoms with Crippen LogP contribution >= 0.6 is 0 Å². The molecule has 88 valence electrons. The van der Waals surface area contributed by atoms with Crippen molar-refractivity contribution in [3.8, 4) is 0 Å². The van der Waals surface area contributed by atoms with Gasteiger partial charge >= 0.3 is 0 Å². The molecule has 0 aromatic heterocycles. The maximum Gasteiger partial charge on any atom is 0.222 e. The van der Waals surface area contributed by atoms with Crippen LogP contribution in [0.25, 0.3) is 0 Å². The molecule has 0 spiro atoms. The highest BCUT2D eigenvalue weighted by Gasteiger charge is 2.27. The number of nitrogens with one attached hydrogen (secondary N) is 1. The monoisotopic (exact) mass is 212 g/mol. The molecule has 0 bridgehead atoms. The number of unbranched alkanes of at least 4 members (excludes halogenated alkanes) is 2. The molecule has 1 amide bonds. The van der Waals surface area contributed by atoms with Gasteiger partial charge in [0.25, 0.3) is 0 Å². The largest absolute Gasteiger partial charge is 0.337 e. The van der Waals surface area contributed by atoms with Gasteiger partial charge in [0.2, 0.25) is 5.91 Å². The molecule has 15 heavy (non-hydrogen) atoms. The van der Waals surface area contributed by atoms with Gasteiger partial charge in [0, 0.05) is 31.6 Å². The van der Waals surface area contributed by atoms with Gasteiger partial charge in [-0.25, -0.2) is 0 Å². The SMILES string of the molecule is CCCCCC(=O)N1CCNC(C)C1C. The van der Waals surface area contributed by atoms with E-state index in [2.05, 4.69) is 26.1 Å². The van der Waals surface area contributed by atoms with Gasteiger partial charge in [-0.15, -0.1) is 0 Å². The Labute approximate surface area is 93.2 Å².